The Morgan fingerprint density at radius 1 is 1.19 bits per heavy atom. The number of halogens is 2. The molecule has 0 amide bonds. The van der Waals surface area contributed by atoms with E-state index in [1.165, 1.54) is 6.20 Å². The van der Waals surface area contributed by atoms with Gasteiger partial charge in [0.1, 0.15) is 5.15 Å². The minimum Gasteiger partial charge on any atom is -0.423 e. The van der Waals surface area contributed by atoms with Gasteiger partial charge in [-0.2, -0.15) is 5.10 Å². The van der Waals surface area contributed by atoms with Crippen molar-refractivity contribution >= 4 is 46.7 Å². The molecule has 0 aliphatic heterocycles. The molecule has 1 aromatic carbocycles. The summed E-state index contributed by atoms with van der Waals surface area (Å²) in [6, 6.07) is 6.77. The highest BCUT2D eigenvalue weighted by Gasteiger charge is 2.11. The van der Waals surface area contributed by atoms with Gasteiger partial charge in [-0.25, -0.2) is 9.97 Å². The van der Waals surface area contributed by atoms with E-state index < -0.39 is 7.12 Å². The van der Waals surface area contributed by atoms with Crippen LogP contribution in [-0.4, -0.2) is 36.9 Å². The van der Waals surface area contributed by atoms with Crippen molar-refractivity contribution in [1.29, 1.82) is 0 Å². The second kappa shape index (κ2) is 6.86. The van der Waals surface area contributed by atoms with Crippen LogP contribution in [0.5, 0.6) is 0 Å². The fourth-order valence-electron chi connectivity index (χ4n) is 1.66. The van der Waals surface area contributed by atoms with E-state index in [1.54, 1.807) is 29.1 Å². The summed E-state index contributed by atoms with van der Waals surface area (Å²) in [5, 5.41) is 23.3. The second-order valence-corrected chi connectivity index (χ2v) is 4.83. The van der Waals surface area contributed by atoms with Gasteiger partial charge in [0.15, 0.2) is 0 Å². The Morgan fingerprint density at radius 3 is 2.52 bits per heavy atom. The fraction of sp³-hybridized carbons (Fsp3) is 0.0833. The first kappa shape index (κ1) is 15.7. The lowest BCUT2D eigenvalue weighted by Gasteiger charge is -1.99. The number of fused-ring (bicyclic) bond motifs is 1. The molecule has 21 heavy (non-hydrogen) atoms. The minimum atomic E-state index is -1.41. The quantitative estimate of drug-likeness (QED) is 0.397. The Kier molecular flexibility index (Phi) is 5.14. The standard InChI is InChI=1S/C8H9BN2O2.C4H2Cl2N2/c1-11-8-3-2-7(9(12)13)4-6(8)5-10-11;5-3-1-2-7-4(6)8-3/h2-5,12-13H,1H3;1-2H. The largest absolute Gasteiger partial charge is 0.488 e. The summed E-state index contributed by atoms with van der Waals surface area (Å²) in [4.78, 5) is 7.20. The zero-order valence-corrected chi connectivity index (χ0v) is 12.5. The van der Waals surface area contributed by atoms with E-state index >= 15 is 0 Å². The van der Waals surface area contributed by atoms with Crippen molar-refractivity contribution < 1.29 is 10.0 Å². The molecule has 2 N–H and O–H groups in total. The minimum absolute atomic E-state index is 0.178. The van der Waals surface area contributed by atoms with Crippen LogP contribution in [0.3, 0.4) is 0 Å². The molecule has 0 aliphatic rings. The van der Waals surface area contributed by atoms with Gasteiger partial charge in [0.2, 0.25) is 5.28 Å². The topological polar surface area (TPSA) is 84.1 Å². The van der Waals surface area contributed by atoms with Gasteiger partial charge in [-0.1, -0.05) is 23.7 Å². The first-order valence-electron chi connectivity index (χ1n) is 5.89. The smallest absolute Gasteiger partial charge is 0.423 e. The van der Waals surface area contributed by atoms with Crippen LogP contribution in [0, 0.1) is 0 Å². The Bertz CT molecular complexity index is 734. The molecule has 3 rings (SSSR count). The summed E-state index contributed by atoms with van der Waals surface area (Å²) in [5.74, 6) is 0. The number of hydrogen-bond acceptors (Lipinski definition) is 5. The molecule has 9 heteroatoms. The van der Waals surface area contributed by atoms with Crippen molar-refractivity contribution in [2.45, 2.75) is 0 Å². The molecule has 0 radical (unpaired) electrons. The summed E-state index contributed by atoms with van der Waals surface area (Å²) in [7, 11) is 0.432. The average molecular weight is 325 g/mol. The summed E-state index contributed by atoms with van der Waals surface area (Å²) in [6.07, 6.45) is 3.19. The van der Waals surface area contributed by atoms with Crippen LogP contribution in [-0.2, 0) is 7.05 Å². The molecule has 0 fully saturated rings. The molecule has 6 nitrogen and oxygen atoms in total. The zero-order valence-electron chi connectivity index (χ0n) is 11.0. The van der Waals surface area contributed by atoms with Crippen molar-refractivity contribution in [1.82, 2.24) is 19.7 Å². The predicted molar refractivity (Wildman–Crippen MR) is 82.6 cm³/mol. The van der Waals surface area contributed by atoms with Gasteiger partial charge < -0.3 is 10.0 Å². The number of aromatic nitrogens is 4. The maximum atomic E-state index is 8.92. The lowest BCUT2D eigenvalue weighted by molar-refractivity contribution is 0.426. The van der Waals surface area contributed by atoms with E-state index in [-0.39, 0.29) is 5.28 Å². The highest BCUT2D eigenvalue weighted by atomic mass is 35.5. The predicted octanol–water partition coefficient (Wildman–Crippen LogP) is 1.04. The first-order chi connectivity index (χ1) is 9.97. The van der Waals surface area contributed by atoms with E-state index in [4.69, 9.17) is 33.2 Å². The van der Waals surface area contributed by atoms with Crippen molar-refractivity contribution in [2.75, 3.05) is 0 Å². The Morgan fingerprint density at radius 2 is 1.95 bits per heavy atom. The summed E-state index contributed by atoms with van der Waals surface area (Å²) in [5.41, 5.74) is 1.46. The van der Waals surface area contributed by atoms with Crippen molar-refractivity contribution in [3.63, 3.8) is 0 Å². The molecule has 0 saturated carbocycles. The molecule has 0 unspecified atom stereocenters. The molecule has 2 heterocycles. The third-order valence-electron chi connectivity index (χ3n) is 2.66. The highest BCUT2D eigenvalue weighted by molar-refractivity contribution is 6.58. The van der Waals surface area contributed by atoms with E-state index in [9.17, 15) is 0 Å². The molecule has 0 atom stereocenters. The van der Waals surface area contributed by atoms with Crippen molar-refractivity contribution in [2.24, 2.45) is 7.05 Å². The number of rotatable bonds is 1. The SMILES string of the molecule is Clc1ccnc(Cl)n1.Cn1ncc2cc(B(O)O)ccc21. The number of benzene rings is 1. The van der Waals surface area contributed by atoms with E-state index in [0.29, 0.717) is 10.6 Å². The first-order valence-corrected chi connectivity index (χ1v) is 6.65. The molecule has 0 saturated heterocycles. The number of nitrogens with zero attached hydrogens (tertiary/aromatic N) is 4. The van der Waals surface area contributed by atoms with Gasteiger partial charge in [0.05, 0.1) is 11.7 Å². The van der Waals surface area contributed by atoms with Crippen molar-refractivity contribution in [3.8, 4) is 0 Å². The molecule has 0 bridgehead atoms. The lowest BCUT2D eigenvalue weighted by atomic mass is 9.80. The Labute approximate surface area is 131 Å². The van der Waals surface area contributed by atoms with Crippen LogP contribution >= 0.6 is 23.2 Å². The van der Waals surface area contributed by atoms with Gasteiger partial charge >= 0.3 is 7.12 Å². The number of aryl methyl sites for hydroxylation is 1. The molecule has 108 valence electrons. The summed E-state index contributed by atoms with van der Waals surface area (Å²) < 4.78 is 1.74. The average Bonchev–Trinajstić information content (AvgIpc) is 2.80. The van der Waals surface area contributed by atoms with Crippen LogP contribution in [0.15, 0.2) is 36.7 Å². The van der Waals surface area contributed by atoms with E-state index in [2.05, 4.69) is 15.1 Å². The number of hydrogen-bond donors (Lipinski definition) is 2. The lowest BCUT2D eigenvalue weighted by Crippen LogP contribution is -2.29. The van der Waals surface area contributed by atoms with E-state index in [1.807, 2.05) is 13.1 Å². The molecule has 2 aromatic heterocycles. The third kappa shape index (κ3) is 4.15. The van der Waals surface area contributed by atoms with Crippen LogP contribution in [0.4, 0.5) is 0 Å². The van der Waals surface area contributed by atoms with Crippen LogP contribution in [0.2, 0.25) is 10.4 Å². The Hall–Kier alpha value is -1.67. The molecule has 0 spiro atoms. The van der Waals surface area contributed by atoms with Crippen LogP contribution in [0.1, 0.15) is 0 Å². The summed E-state index contributed by atoms with van der Waals surface area (Å²) >= 11 is 10.7. The third-order valence-corrected chi connectivity index (χ3v) is 3.05. The maximum absolute atomic E-state index is 8.92. The van der Waals surface area contributed by atoms with Gasteiger partial charge in [-0.05, 0) is 29.2 Å². The molecule has 3 aromatic rings. The summed E-state index contributed by atoms with van der Waals surface area (Å²) in [6.45, 7) is 0. The van der Waals surface area contributed by atoms with E-state index in [0.717, 1.165) is 10.9 Å². The maximum Gasteiger partial charge on any atom is 0.488 e. The molecular formula is C12H11BCl2N4O2. The fourth-order valence-corrected chi connectivity index (χ4v) is 1.98. The Balaban J connectivity index is 0.000000173. The van der Waals surface area contributed by atoms with Crippen LogP contribution in [0.25, 0.3) is 10.9 Å². The van der Waals surface area contributed by atoms with Crippen LogP contribution < -0.4 is 5.46 Å². The highest BCUT2D eigenvalue weighted by Crippen LogP contribution is 2.09. The molecular weight excluding hydrogens is 314 g/mol. The second-order valence-electron chi connectivity index (χ2n) is 4.11. The van der Waals surface area contributed by atoms with Gasteiger partial charge in [0.25, 0.3) is 0 Å². The van der Waals surface area contributed by atoms with Gasteiger partial charge in [0, 0.05) is 18.6 Å². The van der Waals surface area contributed by atoms with Crippen molar-refractivity contribution in [3.05, 3.63) is 47.1 Å². The molecule has 0 aliphatic carbocycles. The van der Waals surface area contributed by atoms with Gasteiger partial charge in [-0.3, -0.25) is 4.68 Å². The monoisotopic (exact) mass is 324 g/mol. The van der Waals surface area contributed by atoms with Gasteiger partial charge in [-0.15, -0.1) is 0 Å². The zero-order chi connectivity index (χ0) is 15.4. The normalized spacial score (nSPS) is 10.1.